The van der Waals surface area contributed by atoms with E-state index in [4.69, 9.17) is 5.32 Å². The molecule has 0 fully saturated rings. The van der Waals surface area contributed by atoms with Gasteiger partial charge >= 0.3 is 25.8 Å². The summed E-state index contributed by atoms with van der Waals surface area (Å²) in [5, 5.41) is 8.08. The molecule has 1 aliphatic carbocycles. The fraction of sp³-hybridized carbons (Fsp3) is 0. The molecule has 0 N–H and O–H groups in total. The van der Waals surface area contributed by atoms with Crippen molar-refractivity contribution >= 4 is 34.4 Å². The monoisotopic (exact) mass is 721 g/mol. The van der Waals surface area contributed by atoms with Gasteiger partial charge in [-0.15, -0.1) is 42.1 Å². The number of rotatable bonds is 2. The summed E-state index contributed by atoms with van der Waals surface area (Å²) < 4.78 is 0. The molecule has 7 rings (SSSR count). The zero-order chi connectivity index (χ0) is 29.4. The van der Waals surface area contributed by atoms with Crippen molar-refractivity contribution in [2.24, 2.45) is 0 Å². The zero-order valence-electron chi connectivity index (χ0n) is 24.1. The molecule has 6 aromatic rings. The van der Waals surface area contributed by atoms with Crippen LogP contribution in [-0.2, 0) is 25.8 Å². The SMILES string of the molecule is [C+]1=c2c([N-]c3cccc4cccnc34)cccc2=CC=C1.[CH2-]c1ccccc1.[CH2-]c1ccccc1.[CH2-]c1ccccc1.[Hf+4]. The van der Waals surface area contributed by atoms with Gasteiger partial charge in [-0.2, -0.15) is 73.9 Å². The van der Waals surface area contributed by atoms with Gasteiger partial charge in [-0.1, -0.05) is 42.5 Å². The number of hydrogen-bond acceptors (Lipinski definition) is 1. The normalized spacial score (nSPS) is 10.0. The molecule has 5 aromatic carbocycles. The van der Waals surface area contributed by atoms with Gasteiger partial charge in [0.05, 0.1) is 16.8 Å². The van der Waals surface area contributed by atoms with Gasteiger partial charge in [0.1, 0.15) is 5.22 Å². The molecular formula is C40H33HfN2+. The van der Waals surface area contributed by atoms with Crippen LogP contribution in [0.2, 0.25) is 0 Å². The average Bonchev–Trinajstić information content (AvgIpc) is 3.04. The molecule has 206 valence electrons. The van der Waals surface area contributed by atoms with E-state index in [1.54, 1.807) is 6.20 Å². The minimum atomic E-state index is 0. The van der Waals surface area contributed by atoms with Crippen LogP contribution >= 0.6 is 0 Å². The van der Waals surface area contributed by atoms with Crippen molar-refractivity contribution in [3.63, 3.8) is 0 Å². The second kappa shape index (κ2) is 17.9. The third kappa shape index (κ3) is 10.8. The Hall–Kier alpha value is -4.82. The molecular weight excluding hydrogens is 687 g/mol. The molecule has 0 saturated heterocycles. The first-order chi connectivity index (χ1) is 20.6. The van der Waals surface area contributed by atoms with Crippen LogP contribution < -0.4 is 10.4 Å². The number of hydrogen-bond donors (Lipinski definition) is 0. The summed E-state index contributed by atoms with van der Waals surface area (Å²) in [6, 6.07) is 45.8. The maximum Gasteiger partial charge on any atom is 4.00 e. The molecule has 0 amide bonds. The number of allylic oxidation sites excluding steroid dienone is 2. The van der Waals surface area contributed by atoms with Crippen molar-refractivity contribution < 1.29 is 25.8 Å². The first-order valence-electron chi connectivity index (χ1n) is 13.7. The van der Waals surface area contributed by atoms with E-state index in [2.05, 4.69) is 56.1 Å². The molecule has 3 heteroatoms. The van der Waals surface area contributed by atoms with Crippen LogP contribution in [0, 0.1) is 20.8 Å². The zero-order valence-corrected chi connectivity index (χ0v) is 27.7. The fourth-order valence-electron chi connectivity index (χ4n) is 3.97. The molecule has 0 aliphatic heterocycles. The summed E-state index contributed by atoms with van der Waals surface area (Å²) in [5.41, 5.74) is 5.95. The average molecular weight is 720 g/mol. The van der Waals surface area contributed by atoms with Crippen LogP contribution in [0.15, 0.2) is 158 Å². The Balaban J connectivity index is 0.000000188. The van der Waals surface area contributed by atoms with Crippen molar-refractivity contribution in [2.75, 3.05) is 0 Å². The van der Waals surface area contributed by atoms with Crippen LogP contribution in [0.1, 0.15) is 16.7 Å². The number of fused-ring (bicyclic) bond motifs is 2. The van der Waals surface area contributed by atoms with E-state index in [1.807, 2.05) is 133 Å². The van der Waals surface area contributed by atoms with Crippen LogP contribution in [0.4, 0.5) is 11.4 Å². The van der Waals surface area contributed by atoms with Crippen LogP contribution in [0.25, 0.3) is 28.4 Å². The van der Waals surface area contributed by atoms with Gasteiger partial charge in [0, 0.05) is 24.4 Å². The Labute approximate surface area is 275 Å². The van der Waals surface area contributed by atoms with Gasteiger partial charge in [-0.25, -0.2) is 0 Å². The number of pyridine rings is 1. The third-order valence-electron chi connectivity index (χ3n) is 6.06. The molecule has 1 aliphatic rings. The molecule has 0 radical (unpaired) electrons. The van der Waals surface area contributed by atoms with Gasteiger partial charge in [-0.3, -0.25) is 4.98 Å². The van der Waals surface area contributed by atoms with E-state index in [-0.39, 0.29) is 25.8 Å². The summed E-state index contributed by atoms with van der Waals surface area (Å²) in [7, 11) is 0. The number of para-hydroxylation sites is 1. The molecule has 43 heavy (non-hydrogen) atoms. The minimum Gasteiger partial charge on any atom is -0.610 e. The van der Waals surface area contributed by atoms with Gasteiger partial charge in [-0.05, 0) is 35.3 Å². The van der Waals surface area contributed by atoms with Crippen LogP contribution in [0.5, 0.6) is 0 Å². The molecule has 1 heterocycles. The predicted octanol–water partition coefficient (Wildman–Crippen LogP) is 9.18. The van der Waals surface area contributed by atoms with Crippen molar-refractivity contribution in [3.8, 4) is 0 Å². The second-order valence-electron chi connectivity index (χ2n) is 9.33. The molecule has 0 unspecified atom stereocenters. The van der Waals surface area contributed by atoms with Gasteiger partial charge in [0.2, 0.25) is 0 Å². The Kier molecular flexibility index (Phi) is 13.6. The molecule has 0 spiro atoms. The topological polar surface area (TPSA) is 27.0 Å². The molecule has 0 bridgehead atoms. The minimum absolute atomic E-state index is 0. The Morgan fingerprint density at radius 2 is 1.05 bits per heavy atom. The van der Waals surface area contributed by atoms with E-state index in [0.29, 0.717) is 0 Å². The first kappa shape index (κ1) is 32.7. The van der Waals surface area contributed by atoms with E-state index >= 15 is 0 Å². The van der Waals surface area contributed by atoms with Crippen molar-refractivity contribution in [1.29, 1.82) is 0 Å². The van der Waals surface area contributed by atoms with E-state index in [1.165, 1.54) is 0 Å². The number of aromatic nitrogens is 1. The van der Waals surface area contributed by atoms with E-state index < -0.39 is 0 Å². The molecule has 1 aromatic heterocycles. The Bertz CT molecular complexity index is 1720. The summed E-state index contributed by atoms with van der Waals surface area (Å²) in [6.45, 7) is 11.2. The largest absolute Gasteiger partial charge is 4.00 e. The predicted molar refractivity (Wildman–Crippen MR) is 180 cm³/mol. The number of nitrogens with zero attached hydrogens (tertiary/aromatic N) is 2. The molecule has 0 saturated carbocycles. The summed E-state index contributed by atoms with van der Waals surface area (Å²) in [4.78, 5) is 4.45. The maximum absolute atomic E-state index is 4.80. The van der Waals surface area contributed by atoms with E-state index in [0.717, 1.165) is 49.4 Å². The maximum atomic E-state index is 4.80. The summed E-state index contributed by atoms with van der Waals surface area (Å²) in [6.07, 6.45) is 11.1. The first-order valence-corrected chi connectivity index (χ1v) is 13.7. The standard InChI is InChI=1S/C19H12N2.3C7H7.Hf/c1-2-10-16-14(6-1)7-3-11-17(16)21-18-12-4-8-15-9-5-13-20-19(15)18;3*1-7-5-3-2-4-6-7;/h1-9,11-13H;3*2-6H,1H2;/q;3*-1;+4. The van der Waals surface area contributed by atoms with Gasteiger partial charge in [0.15, 0.2) is 0 Å². The smallest absolute Gasteiger partial charge is 0.610 e. The summed E-state index contributed by atoms with van der Waals surface area (Å²) >= 11 is 0. The summed E-state index contributed by atoms with van der Waals surface area (Å²) in [5.74, 6) is 0. The Morgan fingerprint density at radius 3 is 1.58 bits per heavy atom. The Morgan fingerprint density at radius 1 is 0.535 bits per heavy atom. The van der Waals surface area contributed by atoms with Gasteiger partial charge in [0.25, 0.3) is 0 Å². The number of benzene rings is 5. The quantitative estimate of drug-likeness (QED) is 0.130. The van der Waals surface area contributed by atoms with Crippen molar-refractivity contribution in [2.45, 2.75) is 0 Å². The second-order valence-corrected chi connectivity index (χ2v) is 9.33. The van der Waals surface area contributed by atoms with Gasteiger partial charge < -0.3 is 5.32 Å². The molecule has 0 atom stereocenters. The fourth-order valence-corrected chi connectivity index (χ4v) is 3.97. The third-order valence-corrected chi connectivity index (χ3v) is 6.06. The molecule has 2 nitrogen and oxygen atoms in total. The van der Waals surface area contributed by atoms with Crippen molar-refractivity contribution in [1.82, 2.24) is 4.98 Å². The van der Waals surface area contributed by atoms with E-state index in [9.17, 15) is 0 Å². The van der Waals surface area contributed by atoms with Crippen molar-refractivity contribution in [3.05, 3.63) is 211 Å². The van der Waals surface area contributed by atoms with Crippen LogP contribution in [0.3, 0.4) is 0 Å². The van der Waals surface area contributed by atoms with Crippen LogP contribution in [-0.4, -0.2) is 4.98 Å².